The summed E-state index contributed by atoms with van der Waals surface area (Å²) in [4.78, 5) is 23.8. The molecule has 5 N–H and O–H groups in total. The summed E-state index contributed by atoms with van der Waals surface area (Å²) in [5.41, 5.74) is 0.695. The van der Waals surface area contributed by atoms with Crippen molar-refractivity contribution in [3.63, 3.8) is 0 Å². The maximum Gasteiger partial charge on any atom is 0.547 e. The summed E-state index contributed by atoms with van der Waals surface area (Å²) in [6.45, 7) is 1.90. The largest absolute Gasteiger partial charge is 0.547 e. The molecule has 1 amide bonds. The van der Waals surface area contributed by atoms with Gasteiger partial charge in [0.2, 0.25) is 5.91 Å². The number of carbonyl (C=O) groups is 2. The molecule has 0 spiro atoms. The Kier molecular flexibility index (Phi) is 7.52. The van der Waals surface area contributed by atoms with Crippen LogP contribution in [0.2, 0.25) is 0 Å². The van der Waals surface area contributed by atoms with Crippen LogP contribution in [0.4, 0.5) is 0 Å². The topological polar surface area (TPSA) is 120 Å². The summed E-state index contributed by atoms with van der Waals surface area (Å²) >= 11 is 0. The predicted octanol–water partition coefficient (Wildman–Crippen LogP) is 0.582. The summed E-state index contributed by atoms with van der Waals surface area (Å²) < 4.78 is 5.44. The van der Waals surface area contributed by atoms with Gasteiger partial charge in [-0.25, -0.2) is 4.79 Å². The van der Waals surface area contributed by atoms with Crippen LogP contribution in [0.15, 0.2) is 18.2 Å². The van der Waals surface area contributed by atoms with Crippen LogP contribution in [0.25, 0.3) is 0 Å². The molecule has 1 atom stereocenters. The van der Waals surface area contributed by atoms with E-state index in [0.717, 1.165) is 38.8 Å². The molecule has 3 rings (SSSR count). The Labute approximate surface area is 171 Å². The third kappa shape index (κ3) is 5.71. The van der Waals surface area contributed by atoms with Crippen LogP contribution in [0.1, 0.15) is 48.0 Å². The van der Waals surface area contributed by atoms with Crippen LogP contribution in [0.3, 0.4) is 0 Å². The summed E-state index contributed by atoms with van der Waals surface area (Å²) in [6, 6.07) is 5.37. The molecular formula is C20H30BN3O5. The van der Waals surface area contributed by atoms with E-state index in [1.54, 1.807) is 12.1 Å². The molecule has 8 nitrogen and oxygen atoms in total. The third-order valence-corrected chi connectivity index (χ3v) is 5.82. The van der Waals surface area contributed by atoms with E-state index in [2.05, 4.69) is 16.0 Å². The van der Waals surface area contributed by atoms with Crippen LogP contribution in [0.5, 0.6) is 5.75 Å². The van der Waals surface area contributed by atoms with Gasteiger partial charge in [0, 0.05) is 25.6 Å². The van der Waals surface area contributed by atoms with Gasteiger partial charge < -0.3 is 30.7 Å². The number of benzene rings is 1. The number of aromatic carboxylic acids is 1. The number of hydrogen-bond donors (Lipinski definition) is 5. The fourth-order valence-electron chi connectivity index (χ4n) is 4.22. The minimum absolute atomic E-state index is 0.0198. The van der Waals surface area contributed by atoms with Gasteiger partial charge in [0.25, 0.3) is 0 Å². The number of likely N-dealkylation sites (N-methyl/N-ethyl adjacent to an activating group) is 1. The van der Waals surface area contributed by atoms with Gasteiger partial charge in [0.1, 0.15) is 5.75 Å². The minimum Gasteiger partial charge on any atom is -0.534 e. The van der Waals surface area contributed by atoms with Crippen molar-refractivity contribution in [2.45, 2.75) is 50.5 Å². The molecule has 9 heteroatoms. The molecule has 0 bridgehead atoms. The second-order valence-electron chi connectivity index (χ2n) is 7.96. The van der Waals surface area contributed by atoms with E-state index in [9.17, 15) is 19.7 Å². The SMILES string of the molecule is CNCCNC1CCC(CC(=O)NC2Cc3cccc(C(=O)O)c3OB2O)CC1. The zero-order valence-electron chi connectivity index (χ0n) is 16.8. The fraction of sp³-hybridized carbons (Fsp3) is 0.600. The molecule has 1 aliphatic carbocycles. The average molecular weight is 403 g/mol. The zero-order valence-corrected chi connectivity index (χ0v) is 16.8. The number of hydrogen-bond acceptors (Lipinski definition) is 6. The molecule has 1 unspecified atom stereocenters. The van der Waals surface area contributed by atoms with Crippen molar-refractivity contribution < 1.29 is 24.4 Å². The quantitative estimate of drug-likeness (QED) is 0.318. The Balaban J connectivity index is 1.48. The van der Waals surface area contributed by atoms with E-state index in [4.69, 9.17) is 4.65 Å². The zero-order chi connectivity index (χ0) is 20.8. The highest BCUT2D eigenvalue weighted by molar-refractivity contribution is 6.47. The minimum atomic E-state index is -1.26. The van der Waals surface area contributed by atoms with Gasteiger partial charge in [0.05, 0.1) is 11.5 Å². The normalized spacial score (nSPS) is 23.8. The second kappa shape index (κ2) is 10.1. The van der Waals surface area contributed by atoms with E-state index in [1.165, 1.54) is 6.07 Å². The number of carbonyl (C=O) groups excluding carboxylic acids is 1. The molecule has 2 aliphatic rings. The molecule has 1 saturated carbocycles. The lowest BCUT2D eigenvalue weighted by Gasteiger charge is -2.31. The first kappa shape index (κ1) is 21.6. The number of carboxylic acids is 1. The van der Waals surface area contributed by atoms with Crippen molar-refractivity contribution in [2.24, 2.45) is 5.92 Å². The lowest BCUT2D eigenvalue weighted by Crippen LogP contribution is -2.53. The molecule has 0 radical (unpaired) electrons. The van der Waals surface area contributed by atoms with Gasteiger partial charge in [-0.15, -0.1) is 0 Å². The monoisotopic (exact) mass is 403 g/mol. The molecule has 29 heavy (non-hydrogen) atoms. The third-order valence-electron chi connectivity index (χ3n) is 5.82. The van der Waals surface area contributed by atoms with E-state index in [-0.39, 0.29) is 17.2 Å². The molecule has 158 valence electrons. The Morgan fingerprint density at radius 1 is 1.21 bits per heavy atom. The van der Waals surface area contributed by atoms with Crippen LogP contribution in [-0.2, 0) is 11.2 Å². The van der Waals surface area contributed by atoms with Crippen LogP contribution >= 0.6 is 0 Å². The summed E-state index contributed by atoms with van der Waals surface area (Å²) in [7, 11) is 0.675. The number of carboxylic acid groups (broad SMARTS) is 1. The van der Waals surface area contributed by atoms with Crippen molar-refractivity contribution in [2.75, 3.05) is 20.1 Å². The number of fused-ring (bicyclic) bond motifs is 1. The second-order valence-corrected chi connectivity index (χ2v) is 7.96. The van der Waals surface area contributed by atoms with Crippen molar-refractivity contribution in [1.29, 1.82) is 0 Å². The lowest BCUT2D eigenvalue weighted by atomic mass is 9.72. The van der Waals surface area contributed by atoms with Crippen LogP contribution in [0, 0.1) is 5.92 Å². The first-order valence-electron chi connectivity index (χ1n) is 10.3. The number of rotatable bonds is 8. The molecule has 1 aromatic carbocycles. The van der Waals surface area contributed by atoms with Crippen LogP contribution in [-0.4, -0.2) is 61.2 Å². The van der Waals surface area contributed by atoms with E-state index in [1.807, 2.05) is 7.05 Å². The van der Waals surface area contributed by atoms with Crippen molar-refractivity contribution in [3.05, 3.63) is 29.3 Å². The van der Waals surface area contributed by atoms with E-state index in [0.29, 0.717) is 30.4 Å². The maximum absolute atomic E-state index is 12.5. The highest BCUT2D eigenvalue weighted by Crippen LogP contribution is 2.31. The van der Waals surface area contributed by atoms with Gasteiger partial charge in [-0.05, 0) is 56.7 Å². The standard InChI is InChI=1S/C20H30BN3O5/c1-22-9-10-23-15-7-5-13(6-8-15)11-18(25)24-17-12-14-3-2-4-16(20(26)27)19(14)29-21(17)28/h2-4,13,15,17,22-23,28H,5-12H2,1H3,(H,24,25)(H,26,27). The van der Waals surface area contributed by atoms with Crippen molar-refractivity contribution in [3.8, 4) is 5.75 Å². The Bertz CT molecular complexity index is 724. The summed E-state index contributed by atoms with van der Waals surface area (Å²) in [6.07, 6.45) is 4.95. The maximum atomic E-state index is 12.5. The number of amides is 1. The lowest BCUT2D eigenvalue weighted by molar-refractivity contribution is -0.122. The summed E-state index contributed by atoms with van der Waals surface area (Å²) in [5.74, 6) is -1.25. The number of nitrogens with one attached hydrogen (secondary N) is 3. The molecule has 0 saturated heterocycles. The van der Waals surface area contributed by atoms with Crippen LogP contribution < -0.4 is 20.6 Å². The molecule has 1 aliphatic heterocycles. The van der Waals surface area contributed by atoms with Gasteiger partial charge in [-0.3, -0.25) is 4.79 Å². The Hall–Kier alpha value is -2.10. The Morgan fingerprint density at radius 3 is 2.66 bits per heavy atom. The van der Waals surface area contributed by atoms with Gasteiger partial charge in [0.15, 0.2) is 0 Å². The molecule has 1 heterocycles. The van der Waals surface area contributed by atoms with Gasteiger partial charge in [-0.2, -0.15) is 0 Å². The molecule has 0 aromatic heterocycles. The number of para-hydroxylation sites is 1. The molecule has 1 aromatic rings. The Morgan fingerprint density at radius 2 is 1.97 bits per heavy atom. The fourth-order valence-corrected chi connectivity index (χ4v) is 4.22. The average Bonchev–Trinajstić information content (AvgIpc) is 2.69. The first-order valence-corrected chi connectivity index (χ1v) is 10.3. The van der Waals surface area contributed by atoms with Gasteiger partial charge >= 0.3 is 13.1 Å². The van der Waals surface area contributed by atoms with E-state index < -0.39 is 19.0 Å². The van der Waals surface area contributed by atoms with Crippen molar-refractivity contribution >= 4 is 19.0 Å². The highest BCUT2D eigenvalue weighted by atomic mass is 16.5. The summed E-state index contributed by atoms with van der Waals surface area (Å²) in [5, 5.41) is 29.1. The highest BCUT2D eigenvalue weighted by Gasteiger charge is 2.38. The molecule has 1 fully saturated rings. The first-order chi connectivity index (χ1) is 14.0. The molecular weight excluding hydrogens is 373 g/mol. The van der Waals surface area contributed by atoms with Gasteiger partial charge in [-0.1, -0.05) is 12.1 Å². The predicted molar refractivity (Wildman–Crippen MR) is 110 cm³/mol. The smallest absolute Gasteiger partial charge is 0.534 e. The van der Waals surface area contributed by atoms with E-state index >= 15 is 0 Å². The van der Waals surface area contributed by atoms with Crippen molar-refractivity contribution in [1.82, 2.24) is 16.0 Å².